The summed E-state index contributed by atoms with van der Waals surface area (Å²) in [4.78, 5) is 28.8. The highest BCUT2D eigenvalue weighted by Crippen LogP contribution is 2.45. The number of amides is 1. The Morgan fingerprint density at radius 3 is 2.12 bits per heavy atom. The average molecular weight is 581 g/mol. The van der Waals surface area contributed by atoms with Crippen LogP contribution >= 0.6 is 0 Å². The molecule has 1 saturated heterocycles. The van der Waals surface area contributed by atoms with Crippen LogP contribution in [0, 0.1) is 5.82 Å². The molecule has 5 rings (SSSR count). The molecule has 2 aliphatic rings. The number of hydrogen-bond donors (Lipinski definition) is 1. The van der Waals surface area contributed by atoms with Crippen LogP contribution in [0.1, 0.15) is 53.2 Å². The Balaban J connectivity index is 1.50. The number of hydrogen-bond acceptors (Lipinski definition) is 3. The zero-order valence-corrected chi connectivity index (χ0v) is 21.4. The minimum Gasteiger partial charge on any atom is -0.368 e. The number of carbonyl (C=O) groups excluding carboxylic acids is 1. The third-order valence-electron chi connectivity index (χ3n) is 7.47. The molecule has 4 atom stereocenters. The van der Waals surface area contributed by atoms with E-state index in [0.29, 0.717) is 35.3 Å². The van der Waals surface area contributed by atoms with E-state index < -0.39 is 53.5 Å². The first kappa shape index (κ1) is 28.6. The largest absolute Gasteiger partial charge is 0.416 e. The van der Waals surface area contributed by atoms with Crippen LogP contribution in [0.4, 0.5) is 30.7 Å². The van der Waals surface area contributed by atoms with Crippen molar-refractivity contribution in [2.75, 3.05) is 6.54 Å². The normalized spacial score (nSPS) is 22.0. The third kappa shape index (κ3) is 5.92. The predicted octanol–water partition coefficient (Wildman–Crippen LogP) is 6.48. The number of aromatic nitrogens is 1. The second-order valence-corrected chi connectivity index (χ2v) is 10.1. The number of pyridine rings is 1. The predicted molar refractivity (Wildman–Crippen MR) is 134 cm³/mol. The fraction of sp³-hybridized carbons (Fsp3) is 0.310. The van der Waals surface area contributed by atoms with E-state index in [-0.39, 0.29) is 29.6 Å². The van der Waals surface area contributed by atoms with Crippen LogP contribution in [0.25, 0.3) is 5.57 Å². The van der Waals surface area contributed by atoms with Crippen molar-refractivity contribution in [1.29, 1.82) is 0 Å². The maximum atomic E-state index is 13.8. The van der Waals surface area contributed by atoms with Gasteiger partial charge in [-0.1, -0.05) is 12.1 Å². The Hall–Kier alpha value is -3.93. The molecule has 0 bridgehead atoms. The maximum Gasteiger partial charge on any atom is 0.416 e. The van der Waals surface area contributed by atoms with E-state index in [9.17, 15) is 40.3 Å². The molecule has 12 heteroatoms. The van der Waals surface area contributed by atoms with E-state index >= 15 is 0 Å². The molecule has 0 aliphatic carbocycles. The summed E-state index contributed by atoms with van der Waals surface area (Å²) < 4.78 is 101. The van der Waals surface area contributed by atoms with E-state index in [0.717, 1.165) is 0 Å². The van der Waals surface area contributed by atoms with Crippen LogP contribution in [0.15, 0.2) is 71.7 Å². The number of ether oxygens (including phenoxy) is 1. The number of halogens is 7. The highest BCUT2D eigenvalue weighted by molar-refractivity contribution is 5.97. The first-order chi connectivity index (χ1) is 19.2. The van der Waals surface area contributed by atoms with Gasteiger partial charge < -0.3 is 14.6 Å². The molecule has 3 heterocycles. The molecule has 2 aromatic carbocycles. The molecule has 1 N–H and O–H groups in total. The number of alkyl halides is 6. The zero-order chi connectivity index (χ0) is 29.7. The van der Waals surface area contributed by atoms with Gasteiger partial charge in [-0.2, -0.15) is 26.3 Å². The van der Waals surface area contributed by atoms with Gasteiger partial charge in [-0.3, -0.25) is 9.59 Å². The number of fused-ring (bicyclic) bond motifs is 1. The summed E-state index contributed by atoms with van der Waals surface area (Å²) in [5, 5.41) is 0. The fourth-order valence-corrected chi connectivity index (χ4v) is 5.51. The molecule has 1 unspecified atom stereocenters. The quantitative estimate of drug-likeness (QED) is 0.352. The summed E-state index contributed by atoms with van der Waals surface area (Å²) in [5.74, 6) is -1.46. The van der Waals surface area contributed by atoms with E-state index in [1.54, 1.807) is 6.07 Å². The molecule has 0 saturated carbocycles. The Labute approximate surface area is 229 Å². The average Bonchev–Trinajstić information content (AvgIpc) is 3.26. The lowest BCUT2D eigenvalue weighted by atomic mass is 9.84. The summed E-state index contributed by atoms with van der Waals surface area (Å²) >= 11 is 0. The summed E-state index contributed by atoms with van der Waals surface area (Å²) in [6, 6.07) is 9.15. The van der Waals surface area contributed by atoms with Gasteiger partial charge in [-0.15, -0.1) is 0 Å². The molecular formula is C29H23F7N2O3. The van der Waals surface area contributed by atoms with Gasteiger partial charge in [-0.05, 0) is 72.0 Å². The topological polar surface area (TPSA) is 62.4 Å². The first-order valence-electron chi connectivity index (χ1n) is 12.6. The molecule has 3 aromatic rings. The van der Waals surface area contributed by atoms with E-state index in [1.165, 1.54) is 54.4 Å². The van der Waals surface area contributed by atoms with Crippen molar-refractivity contribution in [2.45, 2.75) is 49.9 Å². The lowest BCUT2D eigenvalue weighted by molar-refractivity contribution is -0.143. The van der Waals surface area contributed by atoms with Crippen LogP contribution in [0.3, 0.4) is 0 Å². The number of rotatable bonds is 5. The third-order valence-corrected chi connectivity index (χ3v) is 7.47. The molecule has 216 valence electrons. The molecule has 1 aromatic heterocycles. The number of nitrogens with one attached hydrogen (secondary N) is 1. The molecule has 0 radical (unpaired) electrons. The molecular weight excluding hydrogens is 557 g/mol. The van der Waals surface area contributed by atoms with Crippen molar-refractivity contribution >= 4 is 11.5 Å². The van der Waals surface area contributed by atoms with Gasteiger partial charge in [0.05, 0.1) is 23.3 Å². The van der Waals surface area contributed by atoms with Gasteiger partial charge in [0.15, 0.2) is 0 Å². The zero-order valence-electron chi connectivity index (χ0n) is 21.4. The lowest BCUT2D eigenvalue weighted by Gasteiger charge is -2.32. The van der Waals surface area contributed by atoms with Gasteiger partial charge in [0.1, 0.15) is 5.82 Å². The second kappa shape index (κ2) is 10.5. The Kier molecular flexibility index (Phi) is 7.31. The SMILES string of the molecule is C[C@@H](O[C@H]1CN2C(=O)C=C(c3ccc(=O)[nH]c3)CC2[C@@H]1c1ccc(F)cc1)c1cc(C(F)(F)F)cc(C(F)(F)F)c1. The van der Waals surface area contributed by atoms with Crippen molar-refractivity contribution in [1.82, 2.24) is 9.88 Å². The summed E-state index contributed by atoms with van der Waals surface area (Å²) in [6.07, 6.45) is -8.88. The van der Waals surface area contributed by atoms with E-state index in [1.807, 2.05) is 0 Å². The molecule has 41 heavy (non-hydrogen) atoms. The summed E-state index contributed by atoms with van der Waals surface area (Å²) in [6.45, 7) is 1.36. The van der Waals surface area contributed by atoms with E-state index in [2.05, 4.69) is 4.98 Å². The Morgan fingerprint density at radius 1 is 0.927 bits per heavy atom. The standard InChI is InChI=1S/C29H23F7N2O3/c1-15(18-8-20(28(31,32)33)12-21(9-18)29(34,35)36)41-24-14-38-23(27(24)16-2-5-22(30)6-3-16)10-19(11-26(38)40)17-4-7-25(39)37-13-17/h2-9,11-13,15,23-24,27H,10,14H2,1H3,(H,37,39)/t15-,23?,24+,27+/m1/s1. The smallest absolute Gasteiger partial charge is 0.368 e. The van der Waals surface area contributed by atoms with Gasteiger partial charge in [0, 0.05) is 36.8 Å². The van der Waals surface area contributed by atoms with Crippen LogP contribution in [-0.4, -0.2) is 34.5 Å². The monoisotopic (exact) mass is 580 g/mol. The minimum atomic E-state index is -5.02. The van der Waals surface area contributed by atoms with Crippen molar-refractivity contribution in [2.24, 2.45) is 0 Å². The van der Waals surface area contributed by atoms with Crippen LogP contribution in [-0.2, 0) is 21.9 Å². The molecule has 1 amide bonds. The Bertz CT molecular complexity index is 1490. The van der Waals surface area contributed by atoms with Crippen LogP contribution in [0.2, 0.25) is 0 Å². The number of nitrogens with zero attached hydrogens (tertiary/aromatic N) is 1. The van der Waals surface area contributed by atoms with Crippen molar-refractivity contribution in [3.05, 3.63) is 111 Å². The molecule has 5 nitrogen and oxygen atoms in total. The maximum absolute atomic E-state index is 13.8. The van der Waals surface area contributed by atoms with E-state index in [4.69, 9.17) is 4.74 Å². The Morgan fingerprint density at radius 2 is 1.56 bits per heavy atom. The minimum absolute atomic E-state index is 0.0103. The first-order valence-corrected chi connectivity index (χ1v) is 12.6. The highest BCUT2D eigenvalue weighted by atomic mass is 19.4. The number of aromatic amines is 1. The summed E-state index contributed by atoms with van der Waals surface area (Å²) in [5.41, 5.74) is -1.74. The molecule has 0 spiro atoms. The highest BCUT2D eigenvalue weighted by Gasteiger charge is 2.48. The number of H-pyrrole nitrogens is 1. The van der Waals surface area contributed by atoms with Gasteiger partial charge in [0.25, 0.3) is 0 Å². The van der Waals surface area contributed by atoms with Gasteiger partial charge in [0.2, 0.25) is 11.5 Å². The molecule has 2 aliphatic heterocycles. The van der Waals surface area contributed by atoms with Gasteiger partial charge >= 0.3 is 12.4 Å². The van der Waals surface area contributed by atoms with Crippen molar-refractivity contribution in [3.8, 4) is 0 Å². The van der Waals surface area contributed by atoms with Crippen molar-refractivity contribution < 1.29 is 40.3 Å². The summed E-state index contributed by atoms with van der Waals surface area (Å²) in [7, 11) is 0. The van der Waals surface area contributed by atoms with Gasteiger partial charge in [-0.25, -0.2) is 4.39 Å². The van der Waals surface area contributed by atoms with Crippen LogP contribution < -0.4 is 5.56 Å². The lowest BCUT2D eigenvalue weighted by Crippen LogP contribution is -2.39. The second-order valence-electron chi connectivity index (χ2n) is 10.1. The number of carbonyl (C=O) groups is 1. The number of benzene rings is 2. The fourth-order valence-electron chi connectivity index (χ4n) is 5.51. The van der Waals surface area contributed by atoms with Crippen LogP contribution in [0.5, 0.6) is 0 Å². The molecule has 1 fully saturated rings. The van der Waals surface area contributed by atoms with Crippen molar-refractivity contribution in [3.63, 3.8) is 0 Å².